The van der Waals surface area contributed by atoms with E-state index in [2.05, 4.69) is 5.32 Å². The summed E-state index contributed by atoms with van der Waals surface area (Å²) in [4.78, 5) is 11.6. The second kappa shape index (κ2) is 5.82. The minimum Gasteiger partial charge on any atom is -0.394 e. The zero-order chi connectivity index (χ0) is 12.1. The Morgan fingerprint density at radius 1 is 1.62 bits per heavy atom. The minimum absolute atomic E-state index is 0.0729. The lowest BCUT2D eigenvalue weighted by Gasteiger charge is -2.14. The lowest BCUT2D eigenvalue weighted by Crippen LogP contribution is -2.37. The zero-order valence-corrected chi connectivity index (χ0v) is 9.59. The number of benzene rings is 1. The molecule has 0 unspecified atom stereocenters. The molecule has 3 nitrogen and oxygen atoms in total. The smallest absolute Gasteiger partial charge is 0.254 e. The number of nitrogens with one attached hydrogen (secondary N) is 1. The van der Waals surface area contributed by atoms with E-state index >= 15 is 0 Å². The summed E-state index contributed by atoms with van der Waals surface area (Å²) in [6.45, 7) is 1.65. The van der Waals surface area contributed by atoms with Crippen molar-refractivity contribution in [3.8, 4) is 0 Å². The van der Waals surface area contributed by atoms with Crippen molar-refractivity contribution >= 4 is 17.5 Å². The maximum Gasteiger partial charge on any atom is 0.254 e. The van der Waals surface area contributed by atoms with Gasteiger partial charge in [0, 0.05) is 5.02 Å². The van der Waals surface area contributed by atoms with Gasteiger partial charge < -0.3 is 10.4 Å². The lowest BCUT2D eigenvalue weighted by molar-refractivity contribution is 0.0911. The predicted octanol–water partition coefficient (Wildman–Crippen LogP) is 1.98. The van der Waals surface area contributed by atoms with Gasteiger partial charge in [-0.2, -0.15) is 0 Å². The topological polar surface area (TPSA) is 49.3 Å². The Morgan fingerprint density at radius 2 is 2.31 bits per heavy atom. The van der Waals surface area contributed by atoms with Crippen LogP contribution in [0.2, 0.25) is 5.02 Å². The molecule has 2 N–H and O–H groups in total. The molecule has 0 saturated heterocycles. The summed E-state index contributed by atoms with van der Waals surface area (Å²) in [6, 6.07) is 3.48. The third-order valence-electron chi connectivity index (χ3n) is 2.22. The molecule has 1 atom stereocenters. The van der Waals surface area contributed by atoms with Gasteiger partial charge in [-0.25, -0.2) is 4.39 Å². The van der Waals surface area contributed by atoms with E-state index in [9.17, 15) is 9.18 Å². The first kappa shape index (κ1) is 12.9. The van der Waals surface area contributed by atoms with Gasteiger partial charge in [0.2, 0.25) is 0 Å². The summed E-state index contributed by atoms with van der Waals surface area (Å²) < 4.78 is 13.4. The van der Waals surface area contributed by atoms with Crippen LogP contribution < -0.4 is 5.32 Å². The van der Waals surface area contributed by atoms with E-state index in [1.165, 1.54) is 12.1 Å². The summed E-state index contributed by atoms with van der Waals surface area (Å²) in [6.07, 6.45) is 0.581. The second-order valence-corrected chi connectivity index (χ2v) is 3.82. The molecule has 0 aliphatic rings. The third-order valence-corrected chi connectivity index (χ3v) is 2.46. The van der Waals surface area contributed by atoms with Gasteiger partial charge in [0.1, 0.15) is 5.82 Å². The highest BCUT2D eigenvalue weighted by molar-refractivity contribution is 6.30. The number of carbonyl (C=O) groups excluding carboxylic acids is 1. The number of amides is 1. The predicted molar refractivity (Wildman–Crippen MR) is 60.0 cm³/mol. The van der Waals surface area contributed by atoms with Crippen molar-refractivity contribution in [2.24, 2.45) is 0 Å². The average Bonchev–Trinajstić information content (AvgIpc) is 2.25. The molecule has 16 heavy (non-hydrogen) atoms. The van der Waals surface area contributed by atoms with E-state index in [0.29, 0.717) is 6.42 Å². The molecule has 0 fully saturated rings. The summed E-state index contributed by atoms with van der Waals surface area (Å²) in [5.74, 6) is -1.21. The molecule has 0 radical (unpaired) electrons. The highest BCUT2D eigenvalue weighted by Crippen LogP contribution is 2.14. The standard InChI is InChI=1S/C11H13ClFNO2/c1-2-8(6-15)14-11(16)9-4-3-7(12)5-10(9)13/h3-5,8,15H,2,6H2,1H3,(H,14,16)/t8-/m1/s1. The number of hydrogen-bond acceptors (Lipinski definition) is 2. The van der Waals surface area contributed by atoms with Crippen molar-refractivity contribution in [2.45, 2.75) is 19.4 Å². The molecule has 0 heterocycles. The summed E-state index contributed by atoms with van der Waals surface area (Å²) >= 11 is 5.57. The van der Waals surface area contributed by atoms with Gasteiger partial charge in [0.25, 0.3) is 5.91 Å². The van der Waals surface area contributed by atoms with E-state index < -0.39 is 11.7 Å². The molecule has 0 bridgehead atoms. The monoisotopic (exact) mass is 245 g/mol. The Bertz CT molecular complexity index is 380. The fourth-order valence-corrected chi connectivity index (χ4v) is 1.37. The Morgan fingerprint density at radius 3 is 2.81 bits per heavy atom. The molecular weight excluding hydrogens is 233 g/mol. The third kappa shape index (κ3) is 3.18. The van der Waals surface area contributed by atoms with E-state index in [-0.39, 0.29) is 23.2 Å². The lowest BCUT2D eigenvalue weighted by atomic mass is 10.1. The molecule has 0 saturated carbocycles. The van der Waals surface area contributed by atoms with Crippen LogP contribution in [0.3, 0.4) is 0 Å². The summed E-state index contributed by atoms with van der Waals surface area (Å²) in [5, 5.41) is 11.7. The zero-order valence-electron chi connectivity index (χ0n) is 8.84. The first-order chi connectivity index (χ1) is 7.58. The SMILES string of the molecule is CC[C@H](CO)NC(=O)c1ccc(Cl)cc1F. The highest BCUT2D eigenvalue weighted by atomic mass is 35.5. The average molecular weight is 246 g/mol. The van der Waals surface area contributed by atoms with Crippen LogP contribution in [0.5, 0.6) is 0 Å². The van der Waals surface area contributed by atoms with E-state index in [0.717, 1.165) is 6.07 Å². The minimum atomic E-state index is -0.669. The molecule has 1 aromatic carbocycles. The van der Waals surface area contributed by atoms with Gasteiger partial charge in [-0.15, -0.1) is 0 Å². The Balaban J connectivity index is 2.80. The highest BCUT2D eigenvalue weighted by Gasteiger charge is 2.15. The van der Waals surface area contributed by atoms with Gasteiger partial charge in [-0.3, -0.25) is 4.79 Å². The fourth-order valence-electron chi connectivity index (χ4n) is 1.21. The van der Waals surface area contributed by atoms with Crippen LogP contribution >= 0.6 is 11.6 Å². The maximum absolute atomic E-state index is 13.4. The van der Waals surface area contributed by atoms with Gasteiger partial charge in [0.15, 0.2) is 0 Å². The van der Waals surface area contributed by atoms with Crippen LogP contribution in [0.15, 0.2) is 18.2 Å². The van der Waals surface area contributed by atoms with Crippen LogP contribution in [0.1, 0.15) is 23.7 Å². The molecular formula is C11H13ClFNO2. The molecule has 88 valence electrons. The Kier molecular flexibility index (Phi) is 4.71. The Hall–Kier alpha value is -1.13. The number of rotatable bonds is 4. The van der Waals surface area contributed by atoms with Gasteiger partial charge in [-0.05, 0) is 24.6 Å². The van der Waals surface area contributed by atoms with Gasteiger partial charge in [-0.1, -0.05) is 18.5 Å². The number of aliphatic hydroxyl groups excluding tert-OH is 1. The van der Waals surface area contributed by atoms with Crippen molar-refractivity contribution in [3.05, 3.63) is 34.6 Å². The van der Waals surface area contributed by atoms with Crippen molar-refractivity contribution in [1.29, 1.82) is 0 Å². The van der Waals surface area contributed by atoms with Crippen molar-refractivity contribution in [3.63, 3.8) is 0 Å². The first-order valence-corrected chi connectivity index (χ1v) is 5.33. The van der Waals surface area contributed by atoms with Gasteiger partial charge >= 0.3 is 0 Å². The van der Waals surface area contributed by atoms with Crippen LogP contribution in [-0.4, -0.2) is 23.7 Å². The molecule has 0 aliphatic carbocycles. The number of hydrogen-bond donors (Lipinski definition) is 2. The molecule has 0 aromatic heterocycles. The number of halogens is 2. The number of aliphatic hydroxyl groups is 1. The molecule has 1 rings (SSSR count). The normalized spacial score (nSPS) is 12.2. The van der Waals surface area contributed by atoms with Crippen LogP contribution in [0.25, 0.3) is 0 Å². The first-order valence-electron chi connectivity index (χ1n) is 4.95. The van der Waals surface area contributed by atoms with E-state index in [1.54, 1.807) is 0 Å². The molecule has 5 heteroatoms. The summed E-state index contributed by atoms with van der Waals surface area (Å²) in [7, 11) is 0. The van der Waals surface area contributed by atoms with Crippen molar-refractivity contribution in [1.82, 2.24) is 5.32 Å². The van der Waals surface area contributed by atoms with Crippen molar-refractivity contribution in [2.75, 3.05) is 6.61 Å². The van der Waals surface area contributed by atoms with E-state index in [1.807, 2.05) is 6.92 Å². The molecule has 1 amide bonds. The molecule has 0 spiro atoms. The number of carbonyl (C=O) groups is 1. The van der Waals surface area contributed by atoms with E-state index in [4.69, 9.17) is 16.7 Å². The van der Waals surface area contributed by atoms with Gasteiger partial charge in [0.05, 0.1) is 18.2 Å². The fraction of sp³-hybridized carbons (Fsp3) is 0.364. The Labute approximate surface area is 98.2 Å². The summed E-state index contributed by atoms with van der Waals surface area (Å²) in [5.41, 5.74) is -0.0729. The van der Waals surface area contributed by atoms with Crippen molar-refractivity contribution < 1.29 is 14.3 Å². The van der Waals surface area contributed by atoms with Crippen LogP contribution in [0, 0.1) is 5.82 Å². The van der Waals surface area contributed by atoms with Crippen LogP contribution in [0.4, 0.5) is 4.39 Å². The molecule has 1 aromatic rings. The maximum atomic E-state index is 13.4. The largest absolute Gasteiger partial charge is 0.394 e. The van der Waals surface area contributed by atoms with Crippen LogP contribution in [-0.2, 0) is 0 Å². The molecule has 0 aliphatic heterocycles. The second-order valence-electron chi connectivity index (χ2n) is 3.39. The quantitative estimate of drug-likeness (QED) is 0.852.